The Labute approximate surface area is 330 Å². The summed E-state index contributed by atoms with van der Waals surface area (Å²) in [4.78, 5) is 54.6. The highest BCUT2D eigenvalue weighted by atomic mass is 31.2. The molecule has 0 aliphatic heterocycles. The van der Waals surface area contributed by atoms with Gasteiger partial charge in [-0.2, -0.15) is 4.98 Å². The lowest BCUT2D eigenvalue weighted by Crippen LogP contribution is -2.27. The van der Waals surface area contributed by atoms with Crippen molar-refractivity contribution < 1.29 is 50.6 Å². The molecule has 0 radical (unpaired) electrons. The maximum Gasteiger partial charge on any atom is 0.475 e. The number of ether oxygens (including phenoxy) is 1. The van der Waals surface area contributed by atoms with E-state index < -0.39 is 46.5 Å². The second-order valence-electron chi connectivity index (χ2n) is 11.8. The van der Waals surface area contributed by atoms with E-state index in [4.69, 9.17) is 31.9 Å². The number of hydrogen-bond acceptors (Lipinski definition) is 17. The topological polar surface area (TPSA) is 241 Å². The number of anilines is 3. The molecule has 4 rings (SSSR count). The molecule has 19 nitrogen and oxygen atoms in total. The highest BCUT2D eigenvalue weighted by Crippen LogP contribution is 2.52. The van der Waals surface area contributed by atoms with Gasteiger partial charge in [0.25, 0.3) is 11.5 Å². The van der Waals surface area contributed by atoms with E-state index in [-0.39, 0.29) is 67.2 Å². The van der Waals surface area contributed by atoms with Crippen LogP contribution < -0.4 is 21.5 Å². The number of para-hydroxylation sites is 1. The summed E-state index contributed by atoms with van der Waals surface area (Å²) in [6, 6.07) is 13.3. The van der Waals surface area contributed by atoms with Gasteiger partial charge in [-0.15, -0.1) is 0 Å². The van der Waals surface area contributed by atoms with E-state index in [9.17, 15) is 23.5 Å². The number of hydrogen-bond donors (Lipinski definition) is 4. The number of carbonyl (C=O) groups excluding carboxylic acids is 2. The van der Waals surface area contributed by atoms with Crippen LogP contribution in [-0.2, 0) is 47.6 Å². The molecule has 0 spiro atoms. The van der Waals surface area contributed by atoms with E-state index in [1.54, 1.807) is 70.2 Å². The van der Waals surface area contributed by atoms with E-state index in [2.05, 4.69) is 42.8 Å². The van der Waals surface area contributed by atoms with Gasteiger partial charge >= 0.3 is 21.6 Å². The summed E-state index contributed by atoms with van der Waals surface area (Å²) in [6.45, 7) is 8.19. The zero-order valence-electron chi connectivity index (χ0n) is 32.5. The number of carbonyl (C=O) groups is 2. The van der Waals surface area contributed by atoms with Gasteiger partial charge in [-0.05, 0) is 70.5 Å². The molecule has 1 atom stereocenters. The molecule has 0 bridgehead atoms. The SMILES string of the molecule is CCCCNC(=O)c1ccc(NCc2cnc3nc(Nc4ccccc4C(=O)OCC(COP(=O)(OCC)OCC)OP(=O)(OCC)OCC)[nH]c(=O)c3n2)cc1. The predicted molar refractivity (Wildman–Crippen MR) is 212 cm³/mol. The van der Waals surface area contributed by atoms with E-state index in [1.807, 2.05) is 0 Å². The molecule has 0 aliphatic carbocycles. The second kappa shape index (κ2) is 22.4. The normalized spacial score (nSPS) is 12.3. The third-order valence-electron chi connectivity index (χ3n) is 7.55. The van der Waals surface area contributed by atoms with Gasteiger partial charge in [0.1, 0.15) is 12.7 Å². The summed E-state index contributed by atoms with van der Waals surface area (Å²) in [5, 5.41) is 9.00. The Bertz CT molecular complexity index is 2070. The van der Waals surface area contributed by atoms with Gasteiger partial charge in [0.2, 0.25) is 5.95 Å². The molecule has 0 fully saturated rings. The highest BCUT2D eigenvalue weighted by molar-refractivity contribution is 7.48. The zero-order chi connectivity index (χ0) is 41.3. The fraction of sp³-hybridized carbons (Fsp3) is 0.444. The highest BCUT2D eigenvalue weighted by Gasteiger charge is 2.34. The van der Waals surface area contributed by atoms with Crippen molar-refractivity contribution in [1.82, 2.24) is 25.3 Å². The molecule has 2 heterocycles. The number of aromatic amines is 1. The van der Waals surface area contributed by atoms with Crippen LogP contribution in [-0.4, -0.2) is 84.1 Å². The molecule has 1 unspecified atom stereocenters. The molecule has 310 valence electrons. The number of nitrogens with zero attached hydrogens (tertiary/aromatic N) is 3. The van der Waals surface area contributed by atoms with Crippen LogP contribution in [0.3, 0.4) is 0 Å². The van der Waals surface area contributed by atoms with Gasteiger partial charge in [0, 0.05) is 17.8 Å². The number of unbranched alkanes of at least 4 members (excludes halogenated alkanes) is 1. The standard InChI is InChI=1S/C36H49N7O12P2/c1-6-11-20-37-33(44)25-16-18-26(19-17-25)38-21-27-22-39-32-31(40-27)34(45)43-36(42-32)41-30-15-13-12-14-29(30)35(46)49-23-28(55-57(48,52-9-4)53-10-5)24-54-56(47,50-7-2)51-8-3/h12-19,22,28,38H,6-11,20-21,23-24H2,1-5H3,(H,37,44)(H2,39,41,42,43,45). The van der Waals surface area contributed by atoms with Crippen LogP contribution in [0.25, 0.3) is 11.2 Å². The van der Waals surface area contributed by atoms with Gasteiger partial charge < -0.3 is 20.7 Å². The number of nitrogens with one attached hydrogen (secondary N) is 4. The molecule has 4 aromatic rings. The van der Waals surface area contributed by atoms with Gasteiger partial charge in [-0.1, -0.05) is 25.5 Å². The quantitative estimate of drug-likeness (QED) is 0.0316. The predicted octanol–water partition coefficient (Wildman–Crippen LogP) is 6.52. The van der Waals surface area contributed by atoms with Gasteiger partial charge in [-0.25, -0.2) is 23.9 Å². The average Bonchev–Trinajstić information content (AvgIpc) is 3.19. The Balaban J connectivity index is 1.44. The summed E-state index contributed by atoms with van der Waals surface area (Å²) in [7, 11) is -8.19. The van der Waals surface area contributed by atoms with Crippen molar-refractivity contribution in [3.05, 3.63) is 81.9 Å². The first-order valence-corrected chi connectivity index (χ1v) is 21.4. The first-order chi connectivity index (χ1) is 27.4. The van der Waals surface area contributed by atoms with Gasteiger partial charge in [0.15, 0.2) is 11.2 Å². The fourth-order valence-electron chi connectivity index (χ4n) is 4.96. The maximum atomic E-state index is 13.4. The number of rotatable bonds is 25. The molecule has 0 saturated heterocycles. The number of aromatic nitrogens is 4. The summed E-state index contributed by atoms with van der Waals surface area (Å²) >= 11 is 0. The van der Waals surface area contributed by atoms with Crippen LogP contribution in [0.1, 0.15) is 73.9 Å². The maximum absolute atomic E-state index is 13.4. The Morgan fingerprint density at radius 3 is 2.16 bits per heavy atom. The van der Waals surface area contributed by atoms with Crippen LogP contribution in [0.15, 0.2) is 59.5 Å². The van der Waals surface area contributed by atoms with Crippen molar-refractivity contribution in [3.63, 3.8) is 0 Å². The first-order valence-electron chi connectivity index (χ1n) is 18.5. The monoisotopic (exact) mass is 833 g/mol. The summed E-state index contributed by atoms with van der Waals surface area (Å²) in [5.74, 6) is -1.02. The molecule has 1 amide bonds. The van der Waals surface area contributed by atoms with Crippen LogP contribution in [0.5, 0.6) is 0 Å². The Hall–Kier alpha value is -4.58. The third kappa shape index (κ3) is 13.8. The molecule has 0 aliphatic rings. The summed E-state index contributed by atoms with van der Waals surface area (Å²) in [6.07, 6.45) is 2.07. The van der Waals surface area contributed by atoms with Gasteiger partial charge in [0.05, 0.1) is 62.7 Å². The lowest BCUT2D eigenvalue weighted by Gasteiger charge is -2.25. The van der Waals surface area contributed by atoms with E-state index in [1.165, 1.54) is 12.3 Å². The number of esters is 1. The fourth-order valence-corrected chi connectivity index (χ4v) is 7.48. The minimum absolute atomic E-state index is 0.00508. The molecule has 2 aromatic carbocycles. The number of phosphoric acid groups is 2. The van der Waals surface area contributed by atoms with Crippen molar-refractivity contribution >= 4 is 56.0 Å². The largest absolute Gasteiger partial charge is 0.475 e. The summed E-state index contributed by atoms with van der Waals surface area (Å²) < 4.78 is 63.4. The van der Waals surface area contributed by atoms with Crippen molar-refractivity contribution in [2.75, 3.05) is 56.8 Å². The number of H-pyrrole nitrogens is 1. The molecular formula is C36H49N7O12P2. The minimum Gasteiger partial charge on any atom is -0.459 e. The Morgan fingerprint density at radius 1 is 0.825 bits per heavy atom. The first kappa shape index (κ1) is 45.1. The molecular weight excluding hydrogens is 784 g/mol. The van der Waals surface area contributed by atoms with Crippen molar-refractivity contribution in [1.29, 1.82) is 0 Å². The number of fused-ring (bicyclic) bond motifs is 1. The smallest absolute Gasteiger partial charge is 0.459 e. The average molecular weight is 834 g/mol. The lowest BCUT2D eigenvalue weighted by molar-refractivity contribution is -0.00404. The van der Waals surface area contributed by atoms with Crippen molar-refractivity contribution in [2.24, 2.45) is 0 Å². The minimum atomic E-state index is -4.15. The lowest BCUT2D eigenvalue weighted by atomic mass is 10.2. The molecule has 2 aromatic heterocycles. The number of amides is 1. The van der Waals surface area contributed by atoms with E-state index in [0.29, 0.717) is 17.8 Å². The second-order valence-corrected chi connectivity index (χ2v) is 15.1. The number of benzene rings is 2. The number of phosphoric ester groups is 2. The van der Waals surface area contributed by atoms with E-state index >= 15 is 0 Å². The van der Waals surface area contributed by atoms with Crippen LogP contribution in [0.2, 0.25) is 0 Å². The van der Waals surface area contributed by atoms with Gasteiger partial charge in [-0.3, -0.25) is 41.7 Å². The summed E-state index contributed by atoms with van der Waals surface area (Å²) in [5.41, 5.74) is 1.46. The van der Waals surface area contributed by atoms with Crippen molar-refractivity contribution in [3.8, 4) is 0 Å². The Morgan fingerprint density at radius 2 is 1.49 bits per heavy atom. The Kier molecular flexibility index (Phi) is 17.7. The van der Waals surface area contributed by atoms with Crippen LogP contribution >= 0.6 is 15.6 Å². The van der Waals surface area contributed by atoms with E-state index in [0.717, 1.165) is 18.5 Å². The molecule has 57 heavy (non-hydrogen) atoms. The molecule has 4 N–H and O–H groups in total. The van der Waals surface area contributed by atoms with Crippen LogP contribution in [0, 0.1) is 0 Å². The molecule has 21 heteroatoms. The molecule has 0 saturated carbocycles. The third-order valence-corrected chi connectivity index (χ3v) is 10.9. The zero-order valence-corrected chi connectivity index (χ0v) is 34.3. The van der Waals surface area contributed by atoms with Crippen molar-refractivity contribution in [2.45, 2.75) is 60.1 Å². The van der Waals surface area contributed by atoms with Crippen LogP contribution in [0.4, 0.5) is 17.3 Å².